The zero-order valence-corrected chi connectivity index (χ0v) is 16.7. The minimum Gasteiger partial charge on any atom is -0.338 e. The summed E-state index contributed by atoms with van der Waals surface area (Å²) in [7, 11) is 0. The average Bonchev–Trinajstić information content (AvgIpc) is 3.42. The van der Waals surface area contributed by atoms with Crippen molar-refractivity contribution in [1.82, 2.24) is 25.3 Å². The van der Waals surface area contributed by atoms with Crippen molar-refractivity contribution in [3.05, 3.63) is 65.5 Å². The highest BCUT2D eigenvalue weighted by atomic mass is 32.2. The molecule has 2 aromatic carbocycles. The van der Waals surface area contributed by atoms with Gasteiger partial charge in [-0.3, -0.25) is 5.10 Å². The van der Waals surface area contributed by atoms with E-state index in [-0.39, 0.29) is 0 Å². The number of aromatic amines is 1. The Labute approximate surface area is 167 Å². The van der Waals surface area contributed by atoms with Gasteiger partial charge < -0.3 is 4.52 Å². The minimum absolute atomic E-state index is 0.520. The maximum atomic E-state index is 5.37. The Morgan fingerprint density at radius 3 is 2.14 bits per heavy atom. The molecule has 4 rings (SSSR count). The molecule has 0 aliphatic carbocycles. The molecule has 4 aromatic rings. The van der Waals surface area contributed by atoms with Gasteiger partial charge in [-0.2, -0.15) is 4.98 Å². The first-order chi connectivity index (χ1) is 13.7. The Bertz CT molecular complexity index is 952. The van der Waals surface area contributed by atoms with Gasteiger partial charge in [0.05, 0.1) is 5.75 Å². The van der Waals surface area contributed by atoms with Crippen molar-refractivity contribution < 1.29 is 4.52 Å². The normalized spacial score (nSPS) is 11.1. The first-order valence-corrected chi connectivity index (χ1v) is 10.3. The summed E-state index contributed by atoms with van der Waals surface area (Å²) in [4.78, 5) is 9.01. The van der Waals surface area contributed by atoms with E-state index in [4.69, 9.17) is 4.52 Å². The molecule has 0 aliphatic rings. The zero-order valence-electron chi connectivity index (χ0n) is 15.8. The van der Waals surface area contributed by atoms with Gasteiger partial charge in [0.15, 0.2) is 5.82 Å². The number of nitrogens with one attached hydrogen (secondary N) is 1. The van der Waals surface area contributed by atoms with E-state index in [0.29, 0.717) is 22.6 Å². The van der Waals surface area contributed by atoms with E-state index in [1.165, 1.54) is 22.9 Å². The number of aryl methyl sites for hydroxylation is 2. The Hall–Kier alpha value is -2.93. The number of aromatic nitrogens is 5. The molecule has 0 spiro atoms. The van der Waals surface area contributed by atoms with Crippen molar-refractivity contribution in [2.75, 3.05) is 0 Å². The van der Waals surface area contributed by atoms with E-state index < -0.39 is 0 Å². The number of hydrogen-bond acceptors (Lipinski definition) is 6. The molecule has 0 atom stereocenters. The Morgan fingerprint density at radius 1 is 0.857 bits per heavy atom. The third-order valence-corrected chi connectivity index (χ3v) is 5.35. The van der Waals surface area contributed by atoms with Crippen molar-refractivity contribution in [3.8, 4) is 22.8 Å². The molecule has 2 aromatic heterocycles. The van der Waals surface area contributed by atoms with Crippen LogP contribution < -0.4 is 0 Å². The second kappa shape index (κ2) is 8.39. The minimum atomic E-state index is 0.520. The molecule has 1 N–H and O–H groups in total. The van der Waals surface area contributed by atoms with Crippen molar-refractivity contribution in [3.63, 3.8) is 0 Å². The summed E-state index contributed by atoms with van der Waals surface area (Å²) in [6.07, 6.45) is 2.03. The summed E-state index contributed by atoms with van der Waals surface area (Å²) in [5.74, 6) is 2.43. The summed E-state index contributed by atoms with van der Waals surface area (Å²) in [5.41, 5.74) is 4.56. The van der Waals surface area contributed by atoms with Crippen molar-refractivity contribution in [2.45, 2.75) is 37.6 Å². The third-order valence-electron chi connectivity index (χ3n) is 4.51. The fourth-order valence-electron chi connectivity index (χ4n) is 2.78. The Balaban J connectivity index is 1.39. The van der Waals surface area contributed by atoms with Gasteiger partial charge in [0.1, 0.15) is 0 Å². The number of H-pyrrole nitrogens is 1. The van der Waals surface area contributed by atoms with Gasteiger partial charge in [-0.05, 0) is 24.0 Å². The van der Waals surface area contributed by atoms with Crippen LogP contribution in [0.1, 0.15) is 30.9 Å². The van der Waals surface area contributed by atoms with E-state index in [2.05, 4.69) is 75.6 Å². The predicted octanol–water partition coefficient (Wildman–Crippen LogP) is 4.94. The molecule has 0 bridgehead atoms. The summed E-state index contributed by atoms with van der Waals surface area (Å²) in [5, 5.41) is 12.0. The molecule has 0 amide bonds. The van der Waals surface area contributed by atoms with Crippen molar-refractivity contribution in [2.24, 2.45) is 0 Å². The fraction of sp³-hybridized carbons (Fsp3) is 0.238. The van der Waals surface area contributed by atoms with Crippen LogP contribution >= 0.6 is 11.8 Å². The average molecular weight is 392 g/mol. The Kier molecular flexibility index (Phi) is 5.53. The molecule has 0 unspecified atom stereocenters. The first kappa shape index (κ1) is 18.4. The number of nitrogens with zero attached hydrogens (tertiary/aromatic N) is 4. The van der Waals surface area contributed by atoms with Crippen LogP contribution in [0.25, 0.3) is 22.8 Å². The van der Waals surface area contributed by atoms with E-state index in [9.17, 15) is 0 Å². The smallest absolute Gasteiger partial charge is 0.237 e. The number of thioether (sulfide) groups is 1. The van der Waals surface area contributed by atoms with Gasteiger partial charge in [0, 0.05) is 11.1 Å². The van der Waals surface area contributed by atoms with Crippen molar-refractivity contribution >= 4 is 11.8 Å². The molecule has 0 radical (unpaired) electrons. The van der Waals surface area contributed by atoms with Crippen molar-refractivity contribution in [1.29, 1.82) is 0 Å². The highest BCUT2D eigenvalue weighted by Crippen LogP contribution is 2.24. The second-order valence-corrected chi connectivity index (χ2v) is 7.31. The van der Waals surface area contributed by atoms with Crippen LogP contribution in [0.4, 0.5) is 0 Å². The largest absolute Gasteiger partial charge is 0.338 e. The quantitative estimate of drug-likeness (QED) is 0.450. The molecular weight excluding hydrogens is 370 g/mol. The molecule has 142 valence electrons. The molecule has 0 aliphatic heterocycles. The summed E-state index contributed by atoms with van der Waals surface area (Å²) in [6.45, 7) is 4.27. The lowest BCUT2D eigenvalue weighted by Gasteiger charge is -1.98. The van der Waals surface area contributed by atoms with E-state index in [0.717, 1.165) is 29.8 Å². The van der Waals surface area contributed by atoms with Gasteiger partial charge in [0.25, 0.3) is 0 Å². The van der Waals surface area contributed by atoms with E-state index >= 15 is 0 Å². The van der Waals surface area contributed by atoms with Gasteiger partial charge in [-0.1, -0.05) is 79.3 Å². The maximum Gasteiger partial charge on any atom is 0.237 e. The molecule has 7 heteroatoms. The van der Waals surface area contributed by atoms with Crippen LogP contribution in [0.2, 0.25) is 0 Å². The van der Waals surface area contributed by atoms with Crippen LogP contribution in [0.15, 0.2) is 58.2 Å². The number of rotatable bonds is 7. The zero-order chi connectivity index (χ0) is 19.3. The Morgan fingerprint density at radius 2 is 1.50 bits per heavy atom. The monoisotopic (exact) mass is 391 g/mol. The van der Waals surface area contributed by atoms with Gasteiger partial charge in [-0.15, -0.1) is 5.10 Å². The molecule has 6 nitrogen and oxygen atoms in total. The molecule has 2 heterocycles. The van der Waals surface area contributed by atoms with E-state index in [1.54, 1.807) is 0 Å². The molecule has 0 fully saturated rings. The molecule has 0 saturated heterocycles. The van der Waals surface area contributed by atoms with Gasteiger partial charge >= 0.3 is 0 Å². The first-order valence-electron chi connectivity index (χ1n) is 9.31. The lowest BCUT2D eigenvalue weighted by atomic mass is 10.1. The number of benzene rings is 2. The standard InChI is InChI=1S/C21H21N5OS/c1-3-14-5-9-16(10-6-14)19-23-21(25-24-19)28-13-18-22-20(26-27-18)17-11-7-15(4-2)8-12-17/h5-12H,3-4,13H2,1-2H3,(H,23,24,25). The van der Waals surface area contributed by atoms with Crippen LogP contribution in [0.3, 0.4) is 0 Å². The number of hydrogen-bond donors (Lipinski definition) is 1. The van der Waals surface area contributed by atoms with Crippen LogP contribution in [-0.4, -0.2) is 25.3 Å². The van der Waals surface area contributed by atoms with Crippen LogP contribution in [0.5, 0.6) is 0 Å². The summed E-state index contributed by atoms with van der Waals surface area (Å²) < 4.78 is 5.37. The highest BCUT2D eigenvalue weighted by molar-refractivity contribution is 7.98. The topological polar surface area (TPSA) is 80.5 Å². The highest BCUT2D eigenvalue weighted by Gasteiger charge is 2.12. The van der Waals surface area contributed by atoms with Crippen LogP contribution in [0, 0.1) is 0 Å². The SMILES string of the molecule is CCc1ccc(-c2noc(CSc3n[nH]c(-c4ccc(CC)cc4)n3)n2)cc1. The van der Waals surface area contributed by atoms with E-state index in [1.807, 2.05) is 12.1 Å². The van der Waals surface area contributed by atoms with Gasteiger partial charge in [-0.25, -0.2) is 4.98 Å². The molecular formula is C21H21N5OS. The molecule has 28 heavy (non-hydrogen) atoms. The maximum absolute atomic E-state index is 5.37. The fourth-order valence-corrected chi connectivity index (χ4v) is 3.42. The lowest BCUT2D eigenvalue weighted by molar-refractivity contribution is 0.391. The predicted molar refractivity (Wildman–Crippen MR) is 110 cm³/mol. The van der Waals surface area contributed by atoms with Crippen LogP contribution in [-0.2, 0) is 18.6 Å². The molecule has 0 saturated carbocycles. The third kappa shape index (κ3) is 4.14. The van der Waals surface area contributed by atoms with Gasteiger partial charge in [0.2, 0.25) is 16.9 Å². The lowest BCUT2D eigenvalue weighted by Crippen LogP contribution is -1.85. The second-order valence-electron chi connectivity index (χ2n) is 6.37. The summed E-state index contributed by atoms with van der Waals surface area (Å²) >= 11 is 1.46. The summed E-state index contributed by atoms with van der Waals surface area (Å²) in [6, 6.07) is 16.5.